The molecular formula is C7H14N2O3S. The molecule has 0 unspecified atom stereocenters. The first-order chi connectivity index (χ1) is 6.02. The average molecular weight is 206 g/mol. The van der Waals surface area contributed by atoms with Crippen molar-refractivity contribution >= 4 is 10.0 Å². The van der Waals surface area contributed by atoms with Gasteiger partial charge in [-0.3, -0.25) is 0 Å². The van der Waals surface area contributed by atoms with Gasteiger partial charge in [0.05, 0.1) is 18.9 Å². The van der Waals surface area contributed by atoms with Crippen LogP contribution in [0.15, 0.2) is 0 Å². The number of nitrogens with zero attached hydrogens (tertiary/aromatic N) is 2. The lowest BCUT2D eigenvalue weighted by Crippen LogP contribution is -2.33. The van der Waals surface area contributed by atoms with Crippen LogP contribution in [0.5, 0.6) is 0 Å². The van der Waals surface area contributed by atoms with Crippen LogP contribution in [0.25, 0.3) is 0 Å². The van der Waals surface area contributed by atoms with Gasteiger partial charge in [-0.15, -0.1) is 0 Å². The van der Waals surface area contributed by atoms with Gasteiger partial charge in [-0.1, -0.05) is 0 Å². The molecule has 0 aromatic rings. The predicted octanol–water partition coefficient (Wildman–Crippen LogP) is -0.192. The first kappa shape index (κ1) is 12.4. The summed E-state index contributed by atoms with van der Waals surface area (Å²) in [4.78, 5) is 0. The molecule has 76 valence electrons. The maximum atomic E-state index is 11.1. The zero-order valence-corrected chi connectivity index (χ0v) is 8.67. The van der Waals surface area contributed by atoms with E-state index in [0.717, 1.165) is 6.26 Å². The Morgan fingerprint density at radius 2 is 2.08 bits per heavy atom. The summed E-state index contributed by atoms with van der Waals surface area (Å²) in [5, 5.41) is 8.30. The van der Waals surface area contributed by atoms with E-state index < -0.39 is 10.0 Å². The Morgan fingerprint density at radius 3 is 2.46 bits per heavy atom. The summed E-state index contributed by atoms with van der Waals surface area (Å²) in [6.07, 6.45) is 1.33. The van der Waals surface area contributed by atoms with E-state index in [9.17, 15) is 8.42 Å². The number of methoxy groups -OCH3 is 1. The fourth-order valence-corrected chi connectivity index (χ4v) is 1.64. The summed E-state index contributed by atoms with van der Waals surface area (Å²) in [7, 11) is -1.70. The first-order valence-electron chi connectivity index (χ1n) is 3.83. The lowest BCUT2D eigenvalue weighted by Gasteiger charge is -2.17. The van der Waals surface area contributed by atoms with Crippen molar-refractivity contribution in [3.63, 3.8) is 0 Å². The summed E-state index contributed by atoms with van der Waals surface area (Å²) in [5.41, 5.74) is 0. The van der Waals surface area contributed by atoms with Gasteiger partial charge in [0.15, 0.2) is 0 Å². The highest BCUT2D eigenvalue weighted by Gasteiger charge is 2.14. The van der Waals surface area contributed by atoms with Crippen molar-refractivity contribution in [1.29, 1.82) is 5.26 Å². The number of ether oxygens (including phenoxy) is 1. The SMILES string of the molecule is COCCN(CCC#N)S(C)(=O)=O. The third-order valence-electron chi connectivity index (χ3n) is 1.49. The molecule has 0 aliphatic rings. The molecule has 0 saturated heterocycles. The normalized spacial score (nSPS) is 11.5. The molecule has 13 heavy (non-hydrogen) atoms. The lowest BCUT2D eigenvalue weighted by atomic mass is 10.4. The summed E-state index contributed by atoms with van der Waals surface area (Å²) >= 11 is 0. The van der Waals surface area contributed by atoms with Gasteiger partial charge < -0.3 is 4.74 Å². The molecule has 0 aromatic carbocycles. The molecule has 0 spiro atoms. The Bertz CT molecular complexity index is 268. The molecule has 0 fully saturated rings. The van der Waals surface area contributed by atoms with Gasteiger partial charge in [-0.2, -0.15) is 9.57 Å². The summed E-state index contributed by atoms with van der Waals surface area (Å²) in [5.74, 6) is 0. The Kier molecular flexibility index (Phi) is 5.62. The maximum Gasteiger partial charge on any atom is 0.211 e. The van der Waals surface area contributed by atoms with E-state index in [2.05, 4.69) is 0 Å². The van der Waals surface area contributed by atoms with Gasteiger partial charge in [-0.25, -0.2) is 8.42 Å². The quantitative estimate of drug-likeness (QED) is 0.604. The van der Waals surface area contributed by atoms with Crippen LogP contribution in [0.3, 0.4) is 0 Å². The molecule has 0 atom stereocenters. The van der Waals surface area contributed by atoms with Crippen molar-refractivity contribution in [2.24, 2.45) is 0 Å². The molecule has 0 aliphatic carbocycles. The smallest absolute Gasteiger partial charge is 0.211 e. The molecule has 0 radical (unpaired) electrons. The van der Waals surface area contributed by atoms with Crippen molar-refractivity contribution in [2.75, 3.05) is 33.1 Å². The van der Waals surface area contributed by atoms with Crippen LogP contribution in [0.4, 0.5) is 0 Å². The second-order valence-electron chi connectivity index (χ2n) is 2.56. The summed E-state index contributed by atoms with van der Waals surface area (Å²) < 4.78 is 28.2. The molecule has 0 rings (SSSR count). The minimum absolute atomic E-state index is 0.205. The van der Waals surface area contributed by atoms with Crippen LogP contribution in [0, 0.1) is 11.3 Å². The summed E-state index contributed by atoms with van der Waals surface area (Å²) in [6, 6.07) is 1.90. The molecule has 0 N–H and O–H groups in total. The molecule has 0 saturated carbocycles. The Morgan fingerprint density at radius 1 is 1.46 bits per heavy atom. The van der Waals surface area contributed by atoms with Gasteiger partial charge in [0, 0.05) is 26.6 Å². The Hall–Kier alpha value is -0.640. The lowest BCUT2D eigenvalue weighted by molar-refractivity contribution is 0.180. The third kappa shape index (κ3) is 5.58. The second kappa shape index (κ2) is 5.91. The molecule has 0 aromatic heterocycles. The van der Waals surface area contributed by atoms with Crippen LogP contribution in [0.2, 0.25) is 0 Å². The minimum Gasteiger partial charge on any atom is -0.383 e. The molecule has 5 nitrogen and oxygen atoms in total. The van der Waals surface area contributed by atoms with Crippen LogP contribution in [-0.2, 0) is 14.8 Å². The van der Waals surface area contributed by atoms with Crippen molar-refractivity contribution < 1.29 is 13.2 Å². The zero-order valence-electron chi connectivity index (χ0n) is 7.86. The van der Waals surface area contributed by atoms with Gasteiger partial charge >= 0.3 is 0 Å². The number of hydrogen-bond acceptors (Lipinski definition) is 4. The van der Waals surface area contributed by atoms with Crippen LogP contribution in [0.1, 0.15) is 6.42 Å². The number of hydrogen-bond donors (Lipinski definition) is 0. The van der Waals surface area contributed by atoms with E-state index in [1.54, 1.807) is 0 Å². The topological polar surface area (TPSA) is 70.4 Å². The van der Waals surface area contributed by atoms with Crippen molar-refractivity contribution in [3.8, 4) is 6.07 Å². The first-order valence-corrected chi connectivity index (χ1v) is 5.68. The maximum absolute atomic E-state index is 11.1. The van der Waals surface area contributed by atoms with E-state index >= 15 is 0 Å². The van der Waals surface area contributed by atoms with Gasteiger partial charge in [0.1, 0.15) is 0 Å². The van der Waals surface area contributed by atoms with Gasteiger partial charge in [-0.05, 0) is 0 Å². The Balaban J connectivity index is 4.14. The summed E-state index contributed by atoms with van der Waals surface area (Å²) in [6.45, 7) is 0.883. The van der Waals surface area contributed by atoms with E-state index in [0.29, 0.717) is 13.2 Å². The van der Waals surface area contributed by atoms with E-state index in [4.69, 9.17) is 10.00 Å². The van der Waals surface area contributed by atoms with Gasteiger partial charge in [0.2, 0.25) is 10.0 Å². The highest BCUT2D eigenvalue weighted by atomic mass is 32.2. The Labute approximate surface area is 79.0 Å². The van der Waals surface area contributed by atoms with Crippen LogP contribution >= 0.6 is 0 Å². The van der Waals surface area contributed by atoms with E-state index in [1.807, 2.05) is 6.07 Å². The van der Waals surface area contributed by atoms with Crippen molar-refractivity contribution in [3.05, 3.63) is 0 Å². The van der Waals surface area contributed by atoms with Crippen molar-refractivity contribution in [2.45, 2.75) is 6.42 Å². The highest BCUT2D eigenvalue weighted by Crippen LogP contribution is 1.98. The highest BCUT2D eigenvalue weighted by molar-refractivity contribution is 7.88. The molecule has 0 bridgehead atoms. The fraction of sp³-hybridized carbons (Fsp3) is 0.857. The number of nitriles is 1. The molecule has 0 aliphatic heterocycles. The number of rotatable bonds is 6. The third-order valence-corrected chi connectivity index (χ3v) is 2.79. The zero-order chi connectivity index (χ0) is 10.3. The van der Waals surface area contributed by atoms with Crippen molar-refractivity contribution in [1.82, 2.24) is 4.31 Å². The number of sulfonamides is 1. The van der Waals surface area contributed by atoms with Crippen LogP contribution < -0.4 is 0 Å². The average Bonchev–Trinajstić information content (AvgIpc) is 2.02. The molecule has 6 heteroatoms. The largest absolute Gasteiger partial charge is 0.383 e. The molecular weight excluding hydrogens is 192 g/mol. The molecule has 0 heterocycles. The fourth-order valence-electron chi connectivity index (χ4n) is 0.811. The molecule has 0 amide bonds. The minimum atomic E-state index is -3.21. The van der Waals surface area contributed by atoms with Gasteiger partial charge in [0.25, 0.3) is 0 Å². The van der Waals surface area contributed by atoms with E-state index in [-0.39, 0.29) is 13.0 Å². The second-order valence-corrected chi connectivity index (χ2v) is 4.55. The van der Waals surface area contributed by atoms with E-state index in [1.165, 1.54) is 11.4 Å². The monoisotopic (exact) mass is 206 g/mol. The predicted molar refractivity (Wildman–Crippen MR) is 48.5 cm³/mol. The van der Waals surface area contributed by atoms with Crippen LogP contribution in [-0.4, -0.2) is 45.8 Å². The standard InChI is InChI=1S/C7H14N2O3S/c1-12-7-6-9(5-3-4-8)13(2,10)11/h3,5-7H2,1-2H3.